The van der Waals surface area contributed by atoms with Gasteiger partial charge in [-0.15, -0.1) is 0 Å². The van der Waals surface area contributed by atoms with E-state index in [2.05, 4.69) is 10.6 Å². The summed E-state index contributed by atoms with van der Waals surface area (Å²) in [5.74, 6) is -1.57. The Balaban J connectivity index is 1.92. The summed E-state index contributed by atoms with van der Waals surface area (Å²) in [5, 5.41) is 13.5. The standard InChI is InChI=1S/C16H16N2O5/c1-10-6-7-23-15(10)16(22)18-12-4-2-11(3-5-12)8-13(19)17-9-14(20)21/h2-7H,8-9H2,1H3,(H,17,19)(H,18,22)(H,20,21). The van der Waals surface area contributed by atoms with Crippen molar-refractivity contribution < 1.29 is 23.9 Å². The fraction of sp³-hybridized carbons (Fsp3) is 0.188. The van der Waals surface area contributed by atoms with Crippen molar-refractivity contribution >= 4 is 23.5 Å². The predicted molar refractivity (Wildman–Crippen MR) is 82.2 cm³/mol. The highest BCUT2D eigenvalue weighted by Gasteiger charge is 2.12. The van der Waals surface area contributed by atoms with Crippen LogP contribution < -0.4 is 10.6 Å². The summed E-state index contributed by atoms with van der Waals surface area (Å²) in [6.07, 6.45) is 1.52. The third-order valence-corrected chi connectivity index (χ3v) is 3.08. The number of furan rings is 1. The molecule has 0 fully saturated rings. The van der Waals surface area contributed by atoms with Crippen LogP contribution in [0.15, 0.2) is 41.0 Å². The van der Waals surface area contributed by atoms with Crippen molar-refractivity contribution in [2.45, 2.75) is 13.3 Å². The molecule has 2 amide bonds. The van der Waals surface area contributed by atoms with Gasteiger partial charge in [0.15, 0.2) is 5.76 Å². The first kappa shape index (κ1) is 16.3. The van der Waals surface area contributed by atoms with E-state index in [-0.39, 0.29) is 24.0 Å². The number of rotatable bonds is 6. The van der Waals surface area contributed by atoms with E-state index in [0.29, 0.717) is 11.3 Å². The Labute approximate surface area is 132 Å². The molecule has 7 heteroatoms. The minimum atomic E-state index is -1.09. The van der Waals surface area contributed by atoms with E-state index in [9.17, 15) is 14.4 Å². The quantitative estimate of drug-likeness (QED) is 0.750. The number of nitrogens with one attached hydrogen (secondary N) is 2. The minimum absolute atomic E-state index is 0.0683. The van der Waals surface area contributed by atoms with Gasteiger partial charge in [0.1, 0.15) is 6.54 Å². The maximum absolute atomic E-state index is 12.0. The maximum atomic E-state index is 12.0. The zero-order valence-electron chi connectivity index (χ0n) is 12.5. The van der Waals surface area contributed by atoms with Crippen LogP contribution in [0.1, 0.15) is 21.7 Å². The van der Waals surface area contributed by atoms with Crippen molar-refractivity contribution in [2.75, 3.05) is 11.9 Å². The average Bonchev–Trinajstić information content (AvgIpc) is 2.93. The average molecular weight is 316 g/mol. The van der Waals surface area contributed by atoms with Crippen LogP contribution in [-0.2, 0) is 16.0 Å². The lowest BCUT2D eigenvalue weighted by Gasteiger charge is -2.06. The Hall–Kier alpha value is -3.09. The van der Waals surface area contributed by atoms with Crippen LogP contribution in [0.5, 0.6) is 0 Å². The molecule has 1 heterocycles. The number of aliphatic carboxylic acids is 1. The topological polar surface area (TPSA) is 109 Å². The molecular formula is C16H16N2O5. The van der Waals surface area contributed by atoms with Gasteiger partial charge < -0.3 is 20.2 Å². The molecule has 7 nitrogen and oxygen atoms in total. The molecule has 23 heavy (non-hydrogen) atoms. The number of amides is 2. The first-order chi connectivity index (χ1) is 11.0. The fourth-order valence-corrected chi connectivity index (χ4v) is 1.92. The van der Waals surface area contributed by atoms with Gasteiger partial charge in [0, 0.05) is 11.3 Å². The Morgan fingerprint density at radius 3 is 2.39 bits per heavy atom. The number of benzene rings is 1. The Morgan fingerprint density at radius 1 is 1.13 bits per heavy atom. The van der Waals surface area contributed by atoms with Gasteiger partial charge >= 0.3 is 5.97 Å². The number of hydrogen-bond acceptors (Lipinski definition) is 4. The van der Waals surface area contributed by atoms with Crippen LogP contribution in [0.25, 0.3) is 0 Å². The summed E-state index contributed by atoms with van der Waals surface area (Å²) >= 11 is 0. The first-order valence-electron chi connectivity index (χ1n) is 6.88. The second kappa shape index (κ2) is 7.26. The van der Waals surface area contributed by atoms with Crippen LogP contribution in [0.4, 0.5) is 5.69 Å². The van der Waals surface area contributed by atoms with Gasteiger partial charge in [-0.25, -0.2) is 0 Å². The smallest absolute Gasteiger partial charge is 0.322 e. The van der Waals surface area contributed by atoms with Gasteiger partial charge in [0.2, 0.25) is 5.91 Å². The van der Waals surface area contributed by atoms with Crippen LogP contribution in [0, 0.1) is 6.92 Å². The SMILES string of the molecule is Cc1ccoc1C(=O)Nc1ccc(CC(=O)NCC(=O)O)cc1. The highest BCUT2D eigenvalue weighted by atomic mass is 16.4. The molecule has 1 aromatic carbocycles. The molecule has 0 aliphatic carbocycles. The molecular weight excluding hydrogens is 300 g/mol. The van der Waals surface area contributed by atoms with E-state index >= 15 is 0 Å². The van der Waals surface area contributed by atoms with E-state index in [4.69, 9.17) is 9.52 Å². The highest BCUT2D eigenvalue weighted by molar-refractivity contribution is 6.03. The number of carboxylic acid groups (broad SMARTS) is 1. The summed E-state index contributed by atoms with van der Waals surface area (Å²) in [6.45, 7) is 1.37. The van der Waals surface area contributed by atoms with E-state index in [0.717, 1.165) is 5.56 Å². The number of carboxylic acids is 1. The van der Waals surface area contributed by atoms with E-state index in [1.54, 1.807) is 37.3 Å². The molecule has 0 bridgehead atoms. The van der Waals surface area contributed by atoms with E-state index in [1.165, 1.54) is 6.26 Å². The van der Waals surface area contributed by atoms with Crippen molar-refractivity contribution in [2.24, 2.45) is 0 Å². The minimum Gasteiger partial charge on any atom is -0.480 e. The Morgan fingerprint density at radius 2 is 1.83 bits per heavy atom. The predicted octanol–water partition coefficient (Wildman–Crippen LogP) is 1.58. The number of aryl methyl sites for hydroxylation is 1. The monoisotopic (exact) mass is 316 g/mol. The van der Waals surface area contributed by atoms with Gasteiger partial charge in [-0.2, -0.15) is 0 Å². The molecule has 0 atom stereocenters. The van der Waals surface area contributed by atoms with Crippen LogP contribution >= 0.6 is 0 Å². The molecule has 2 rings (SSSR count). The normalized spacial score (nSPS) is 10.1. The van der Waals surface area contributed by atoms with Crippen molar-refractivity contribution in [3.8, 4) is 0 Å². The third-order valence-electron chi connectivity index (χ3n) is 3.08. The summed E-state index contributed by atoms with van der Waals surface area (Å²) in [5.41, 5.74) is 2.02. The first-order valence-corrected chi connectivity index (χ1v) is 6.88. The summed E-state index contributed by atoms with van der Waals surface area (Å²) in [7, 11) is 0. The van der Waals surface area contributed by atoms with Crippen molar-refractivity contribution in [1.82, 2.24) is 5.32 Å². The lowest BCUT2D eigenvalue weighted by molar-refractivity contribution is -0.137. The molecule has 0 unspecified atom stereocenters. The van der Waals surface area contributed by atoms with Crippen LogP contribution in [0.2, 0.25) is 0 Å². The number of carbonyl (C=O) groups excluding carboxylic acids is 2. The molecule has 1 aromatic heterocycles. The molecule has 2 aromatic rings. The van der Waals surface area contributed by atoms with Crippen molar-refractivity contribution in [3.63, 3.8) is 0 Å². The molecule has 0 saturated carbocycles. The number of hydrogen-bond donors (Lipinski definition) is 3. The molecule has 0 spiro atoms. The van der Waals surface area contributed by atoms with Crippen LogP contribution in [-0.4, -0.2) is 29.4 Å². The van der Waals surface area contributed by atoms with Gasteiger partial charge in [0.25, 0.3) is 5.91 Å². The van der Waals surface area contributed by atoms with Crippen molar-refractivity contribution in [1.29, 1.82) is 0 Å². The van der Waals surface area contributed by atoms with Crippen LogP contribution in [0.3, 0.4) is 0 Å². The molecule has 120 valence electrons. The zero-order chi connectivity index (χ0) is 16.8. The molecule has 0 radical (unpaired) electrons. The number of carbonyl (C=O) groups is 3. The van der Waals surface area contributed by atoms with E-state index < -0.39 is 12.5 Å². The van der Waals surface area contributed by atoms with Gasteiger partial charge in [-0.05, 0) is 30.7 Å². The lowest BCUT2D eigenvalue weighted by atomic mass is 10.1. The van der Waals surface area contributed by atoms with Gasteiger partial charge in [-0.1, -0.05) is 12.1 Å². The number of anilines is 1. The molecule has 0 aliphatic rings. The summed E-state index contributed by atoms with van der Waals surface area (Å²) in [6, 6.07) is 8.40. The molecule has 0 aliphatic heterocycles. The third kappa shape index (κ3) is 4.70. The lowest BCUT2D eigenvalue weighted by Crippen LogP contribution is -2.30. The Kier molecular flexibility index (Phi) is 5.14. The molecule has 3 N–H and O–H groups in total. The van der Waals surface area contributed by atoms with Gasteiger partial charge in [-0.3, -0.25) is 14.4 Å². The van der Waals surface area contributed by atoms with Gasteiger partial charge in [0.05, 0.1) is 12.7 Å². The second-order valence-corrected chi connectivity index (χ2v) is 4.93. The summed E-state index contributed by atoms with van der Waals surface area (Å²) in [4.78, 5) is 33.9. The Bertz CT molecular complexity index is 718. The summed E-state index contributed by atoms with van der Waals surface area (Å²) < 4.78 is 5.11. The molecule has 0 saturated heterocycles. The fourth-order valence-electron chi connectivity index (χ4n) is 1.92. The zero-order valence-corrected chi connectivity index (χ0v) is 12.5. The van der Waals surface area contributed by atoms with E-state index in [1.807, 2.05) is 0 Å². The highest BCUT2D eigenvalue weighted by Crippen LogP contribution is 2.14. The van der Waals surface area contributed by atoms with Crippen molar-refractivity contribution in [3.05, 3.63) is 53.5 Å². The largest absolute Gasteiger partial charge is 0.480 e. The second-order valence-electron chi connectivity index (χ2n) is 4.93. The maximum Gasteiger partial charge on any atom is 0.322 e.